The average Bonchev–Trinajstić information content (AvgIpc) is 3.78. The van der Waals surface area contributed by atoms with Crippen LogP contribution in [0.4, 0.5) is 0 Å². The van der Waals surface area contributed by atoms with Crippen LogP contribution in [0.2, 0.25) is 0 Å². The summed E-state index contributed by atoms with van der Waals surface area (Å²) in [5.41, 5.74) is 13.5. The van der Waals surface area contributed by atoms with Crippen LogP contribution in [-0.4, -0.2) is 9.97 Å². The van der Waals surface area contributed by atoms with Crippen molar-refractivity contribution in [2.24, 2.45) is 0 Å². The number of fused-ring (bicyclic) bond motifs is 6. The maximum absolute atomic E-state index is 3.81. The van der Waals surface area contributed by atoms with Gasteiger partial charge in [0.2, 0.25) is 0 Å². The van der Waals surface area contributed by atoms with Crippen LogP contribution in [-0.2, 0) is 5.41 Å². The third-order valence-electron chi connectivity index (χ3n) is 10.7. The summed E-state index contributed by atoms with van der Waals surface area (Å²) < 4.78 is 0. The second kappa shape index (κ2) is 11.8. The molecule has 2 aromatic heterocycles. The normalized spacial score (nSPS) is 11.9. The Balaban J connectivity index is 1.35. The van der Waals surface area contributed by atoms with E-state index in [2.05, 4.69) is 204 Å². The first kappa shape index (κ1) is 29.3. The summed E-state index contributed by atoms with van der Waals surface area (Å²) in [4.78, 5) is 7.62. The molecule has 2 heteroatoms. The first-order valence-corrected chi connectivity index (χ1v) is 17.6. The van der Waals surface area contributed by atoms with Gasteiger partial charge in [0, 0.05) is 43.7 Å². The van der Waals surface area contributed by atoms with Crippen LogP contribution in [0.5, 0.6) is 0 Å². The smallest absolute Gasteiger partial charge is 0.0713 e. The molecule has 240 valence electrons. The summed E-state index contributed by atoms with van der Waals surface area (Å²) in [6.07, 6.45) is 0. The third kappa shape index (κ3) is 4.43. The van der Waals surface area contributed by atoms with E-state index in [1.54, 1.807) is 0 Å². The third-order valence-corrected chi connectivity index (χ3v) is 10.7. The Hall–Kier alpha value is -6.64. The molecule has 0 aliphatic rings. The number of hydrogen-bond acceptors (Lipinski definition) is 0. The minimum absolute atomic E-state index is 0.682. The fourth-order valence-corrected chi connectivity index (χ4v) is 8.60. The monoisotopic (exact) mass is 650 g/mol. The molecule has 10 aromatic rings. The van der Waals surface area contributed by atoms with E-state index in [0.29, 0.717) is 0 Å². The first-order valence-electron chi connectivity index (χ1n) is 17.6. The minimum Gasteiger partial charge on any atom is -0.354 e. The molecule has 51 heavy (non-hydrogen) atoms. The largest absolute Gasteiger partial charge is 0.354 e. The second-order valence-corrected chi connectivity index (χ2v) is 13.4. The second-order valence-electron chi connectivity index (χ2n) is 13.4. The minimum atomic E-state index is -0.682. The lowest BCUT2D eigenvalue weighted by Crippen LogP contribution is -2.32. The van der Waals surface area contributed by atoms with E-state index >= 15 is 0 Å². The van der Waals surface area contributed by atoms with Crippen LogP contribution in [0.15, 0.2) is 194 Å². The van der Waals surface area contributed by atoms with Gasteiger partial charge in [-0.1, -0.05) is 182 Å². The van der Waals surface area contributed by atoms with Crippen molar-refractivity contribution in [1.29, 1.82) is 0 Å². The highest BCUT2D eigenvalue weighted by atomic mass is 14.7. The Kier molecular flexibility index (Phi) is 6.75. The van der Waals surface area contributed by atoms with Crippen LogP contribution in [0.25, 0.3) is 65.9 Å². The summed E-state index contributed by atoms with van der Waals surface area (Å²) in [5.74, 6) is 0. The molecule has 10 rings (SSSR count). The van der Waals surface area contributed by atoms with Crippen LogP contribution in [0.3, 0.4) is 0 Å². The van der Waals surface area contributed by atoms with Gasteiger partial charge in [0.1, 0.15) is 0 Å². The van der Waals surface area contributed by atoms with Crippen molar-refractivity contribution < 1.29 is 0 Å². The molecule has 0 bridgehead atoms. The molecular weight excluding hydrogens is 617 g/mol. The Morgan fingerprint density at radius 2 is 0.627 bits per heavy atom. The topological polar surface area (TPSA) is 31.6 Å². The van der Waals surface area contributed by atoms with Gasteiger partial charge >= 0.3 is 0 Å². The number of aromatic nitrogens is 2. The fourth-order valence-electron chi connectivity index (χ4n) is 8.60. The van der Waals surface area contributed by atoms with Crippen molar-refractivity contribution in [3.8, 4) is 22.3 Å². The lowest BCUT2D eigenvalue weighted by Gasteiger charge is -2.39. The lowest BCUT2D eigenvalue weighted by molar-refractivity contribution is 0.749. The number of nitrogens with one attached hydrogen (secondary N) is 2. The maximum atomic E-state index is 3.81. The summed E-state index contributed by atoms with van der Waals surface area (Å²) >= 11 is 0. The molecular formula is C49H34N2. The van der Waals surface area contributed by atoms with Crippen molar-refractivity contribution in [1.82, 2.24) is 9.97 Å². The van der Waals surface area contributed by atoms with Crippen LogP contribution in [0, 0.1) is 0 Å². The highest BCUT2D eigenvalue weighted by Crippen LogP contribution is 2.52. The fraction of sp³-hybridized carbons (Fsp3) is 0.0204. The Morgan fingerprint density at radius 3 is 1.10 bits per heavy atom. The van der Waals surface area contributed by atoms with Gasteiger partial charge < -0.3 is 9.97 Å². The quantitative estimate of drug-likeness (QED) is 0.168. The van der Waals surface area contributed by atoms with Crippen LogP contribution >= 0.6 is 0 Å². The highest BCUT2D eigenvalue weighted by molar-refractivity contribution is 6.13. The Labute approximate surface area is 296 Å². The zero-order chi connectivity index (χ0) is 33.8. The zero-order valence-electron chi connectivity index (χ0n) is 28.0. The Bertz CT molecular complexity index is 2660. The van der Waals surface area contributed by atoms with Gasteiger partial charge in [0.15, 0.2) is 0 Å². The molecule has 0 amide bonds. The number of hydrogen-bond donors (Lipinski definition) is 2. The standard InChI is InChI=1S/C49H34N2/c1-3-17-33(18-4-1)49(34-19-5-2-6-20-34,43-29-11-7-21-35(43)39-25-15-27-41-37-23-9-13-31-45(37)50-47(39)41)44-30-12-8-22-36(44)40-26-16-28-42-38-24-10-14-32-46(38)51-48(40)42/h1-32,50-51H. The van der Waals surface area contributed by atoms with Gasteiger partial charge in [-0.05, 0) is 45.5 Å². The van der Waals surface area contributed by atoms with Crippen molar-refractivity contribution in [3.05, 3.63) is 216 Å². The average molecular weight is 651 g/mol. The SMILES string of the molecule is c1ccc(C(c2ccccc2)(c2ccccc2-c2cccc3c2[nH]c2ccccc23)c2ccccc2-c2cccc3c2[nH]c2ccccc23)cc1. The summed E-state index contributed by atoms with van der Waals surface area (Å²) in [6, 6.07) is 70.8. The molecule has 2 N–H and O–H groups in total. The molecule has 0 aliphatic carbocycles. The van der Waals surface area contributed by atoms with Gasteiger partial charge in [-0.25, -0.2) is 0 Å². The van der Waals surface area contributed by atoms with E-state index in [4.69, 9.17) is 0 Å². The van der Waals surface area contributed by atoms with E-state index in [9.17, 15) is 0 Å². The molecule has 2 nitrogen and oxygen atoms in total. The van der Waals surface area contributed by atoms with Crippen molar-refractivity contribution in [3.63, 3.8) is 0 Å². The maximum Gasteiger partial charge on any atom is 0.0713 e. The molecule has 0 atom stereocenters. The summed E-state index contributed by atoms with van der Waals surface area (Å²) in [7, 11) is 0. The number of benzene rings is 8. The van der Waals surface area contributed by atoms with E-state index < -0.39 is 5.41 Å². The molecule has 2 heterocycles. The van der Waals surface area contributed by atoms with Gasteiger partial charge in [0.05, 0.1) is 16.4 Å². The zero-order valence-corrected chi connectivity index (χ0v) is 28.0. The number of para-hydroxylation sites is 4. The van der Waals surface area contributed by atoms with E-state index in [1.165, 1.54) is 66.1 Å². The van der Waals surface area contributed by atoms with E-state index in [0.717, 1.165) is 22.1 Å². The lowest BCUT2D eigenvalue weighted by atomic mass is 9.62. The molecule has 0 aliphatic heterocycles. The number of H-pyrrole nitrogens is 2. The predicted octanol–water partition coefficient (Wildman–Crippen LogP) is 12.7. The van der Waals surface area contributed by atoms with Gasteiger partial charge in [0.25, 0.3) is 0 Å². The van der Waals surface area contributed by atoms with Crippen molar-refractivity contribution >= 4 is 43.6 Å². The summed E-state index contributed by atoms with van der Waals surface area (Å²) in [5, 5.41) is 4.93. The molecule has 8 aromatic carbocycles. The first-order chi connectivity index (χ1) is 25.3. The molecule has 0 spiro atoms. The van der Waals surface area contributed by atoms with Crippen molar-refractivity contribution in [2.75, 3.05) is 0 Å². The van der Waals surface area contributed by atoms with Crippen LogP contribution < -0.4 is 0 Å². The Morgan fingerprint density at radius 1 is 0.275 bits per heavy atom. The number of rotatable bonds is 6. The highest BCUT2D eigenvalue weighted by Gasteiger charge is 2.42. The van der Waals surface area contributed by atoms with Gasteiger partial charge in [-0.3, -0.25) is 0 Å². The number of aromatic amines is 2. The molecule has 0 saturated carbocycles. The van der Waals surface area contributed by atoms with Gasteiger partial charge in [-0.2, -0.15) is 0 Å². The van der Waals surface area contributed by atoms with Crippen LogP contribution in [0.1, 0.15) is 22.3 Å². The predicted molar refractivity (Wildman–Crippen MR) is 214 cm³/mol. The molecule has 0 unspecified atom stereocenters. The molecule has 0 fully saturated rings. The van der Waals surface area contributed by atoms with E-state index in [-0.39, 0.29) is 0 Å². The molecule has 0 saturated heterocycles. The van der Waals surface area contributed by atoms with Gasteiger partial charge in [-0.15, -0.1) is 0 Å². The molecule has 0 radical (unpaired) electrons. The van der Waals surface area contributed by atoms with Crippen molar-refractivity contribution in [2.45, 2.75) is 5.41 Å². The van der Waals surface area contributed by atoms with E-state index in [1.807, 2.05) is 0 Å². The summed E-state index contributed by atoms with van der Waals surface area (Å²) in [6.45, 7) is 0.